The number of thioether (sulfide) groups is 1. The predicted octanol–water partition coefficient (Wildman–Crippen LogP) is 6.83. The molecule has 4 aromatic carbocycles. The summed E-state index contributed by atoms with van der Waals surface area (Å²) < 4.78 is 18.6. The first-order valence-electron chi connectivity index (χ1n) is 13.7. The van der Waals surface area contributed by atoms with Crippen molar-refractivity contribution in [3.63, 3.8) is 0 Å². The Morgan fingerprint density at radius 2 is 1.66 bits per heavy atom. The van der Waals surface area contributed by atoms with Crippen LogP contribution in [0.4, 0.5) is 0 Å². The molecule has 0 spiro atoms. The van der Waals surface area contributed by atoms with Gasteiger partial charge in [0.25, 0.3) is 0 Å². The number of aliphatic hydroxyl groups excluding tert-OH is 1. The highest BCUT2D eigenvalue weighted by Gasteiger charge is 2.32. The summed E-state index contributed by atoms with van der Waals surface area (Å²) in [5.74, 6) is 1.56. The summed E-state index contributed by atoms with van der Waals surface area (Å²) in [5.41, 5.74) is 6.09. The van der Waals surface area contributed by atoms with Gasteiger partial charge < -0.3 is 24.6 Å². The summed E-state index contributed by atoms with van der Waals surface area (Å²) in [6.45, 7) is 2.03. The van der Waals surface area contributed by atoms with Crippen LogP contribution in [0.2, 0.25) is 0 Å². The Morgan fingerprint density at radius 1 is 0.902 bits per heavy atom. The predicted molar refractivity (Wildman–Crippen MR) is 162 cm³/mol. The molecule has 1 amide bonds. The van der Waals surface area contributed by atoms with E-state index in [0.717, 1.165) is 56.2 Å². The fraction of sp³-hybridized carbons (Fsp3) is 0.265. The molecule has 1 fully saturated rings. The number of hydrogen-bond donors (Lipinski definition) is 2. The van der Waals surface area contributed by atoms with E-state index in [-0.39, 0.29) is 24.7 Å². The second-order valence-corrected chi connectivity index (χ2v) is 11.1. The zero-order valence-electron chi connectivity index (χ0n) is 23.3. The van der Waals surface area contributed by atoms with E-state index in [2.05, 4.69) is 47.8 Å². The van der Waals surface area contributed by atoms with E-state index in [1.165, 1.54) is 6.92 Å². The topological polar surface area (TPSA) is 77.0 Å². The molecule has 0 unspecified atom stereocenters. The molecule has 41 heavy (non-hydrogen) atoms. The van der Waals surface area contributed by atoms with Crippen LogP contribution in [0.3, 0.4) is 0 Å². The number of carbonyl (C=O) groups is 1. The highest BCUT2D eigenvalue weighted by molar-refractivity contribution is 7.99. The van der Waals surface area contributed by atoms with E-state index in [1.54, 1.807) is 18.9 Å². The quantitative estimate of drug-likeness (QED) is 0.204. The standard InChI is InChI=1S/C34H35NO5S/c1-23(37)35-20-25-6-5-7-29(18-25)26-14-16-28(17-15-26)34-39-30(22-41-33-9-4-3-8-31(33)38-2)19-32(40-34)27-12-10-24(21-36)11-13-27/h3-18,30,32,34,36H,19-22H2,1-2H3,(H,35,37)/t30-,32+,34+/m1/s1. The van der Waals surface area contributed by atoms with Crippen molar-refractivity contribution in [2.24, 2.45) is 0 Å². The van der Waals surface area contributed by atoms with Gasteiger partial charge in [0, 0.05) is 36.1 Å². The van der Waals surface area contributed by atoms with Crippen LogP contribution in [0.5, 0.6) is 5.75 Å². The van der Waals surface area contributed by atoms with E-state index in [4.69, 9.17) is 14.2 Å². The lowest BCUT2D eigenvalue weighted by molar-refractivity contribution is -0.245. The van der Waals surface area contributed by atoms with Crippen LogP contribution in [-0.4, -0.2) is 30.0 Å². The van der Waals surface area contributed by atoms with Gasteiger partial charge in [-0.3, -0.25) is 4.79 Å². The highest BCUT2D eigenvalue weighted by Crippen LogP contribution is 2.40. The molecule has 1 saturated heterocycles. The molecule has 6 nitrogen and oxygen atoms in total. The summed E-state index contributed by atoms with van der Waals surface area (Å²) in [5, 5.41) is 12.3. The van der Waals surface area contributed by atoms with Gasteiger partial charge in [0.05, 0.1) is 25.9 Å². The molecule has 5 rings (SSSR count). The average molecular weight is 570 g/mol. The van der Waals surface area contributed by atoms with Crippen molar-refractivity contribution in [1.29, 1.82) is 0 Å². The summed E-state index contributed by atoms with van der Waals surface area (Å²) in [7, 11) is 1.69. The molecule has 4 aromatic rings. The number of nitrogens with one attached hydrogen (secondary N) is 1. The monoisotopic (exact) mass is 569 g/mol. The molecule has 0 radical (unpaired) electrons. The van der Waals surface area contributed by atoms with Crippen LogP contribution in [0.1, 0.15) is 48.0 Å². The first kappa shape index (κ1) is 28.9. The van der Waals surface area contributed by atoms with Gasteiger partial charge in [-0.05, 0) is 46.0 Å². The molecule has 0 bridgehead atoms. The van der Waals surface area contributed by atoms with Gasteiger partial charge in [-0.15, -0.1) is 11.8 Å². The molecule has 2 N–H and O–H groups in total. The number of rotatable bonds is 10. The van der Waals surface area contributed by atoms with Crippen LogP contribution in [-0.2, 0) is 27.4 Å². The Morgan fingerprint density at radius 3 is 2.39 bits per heavy atom. The van der Waals surface area contributed by atoms with Crippen LogP contribution in [0.15, 0.2) is 102 Å². The molecular formula is C34H35NO5S. The molecule has 0 aliphatic carbocycles. The van der Waals surface area contributed by atoms with Crippen molar-refractivity contribution in [2.75, 3.05) is 12.9 Å². The van der Waals surface area contributed by atoms with Crippen molar-refractivity contribution >= 4 is 17.7 Å². The van der Waals surface area contributed by atoms with Crippen molar-refractivity contribution < 1.29 is 24.1 Å². The number of ether oxygens (including phenoxy) is 3. The van der Waals surface area contributed by atoms with E-state index in [9.17, 15) is 9.90 Å². The maximum absolute atomic E-state index is 11.3. The zero-order valence-corrected chi connectivity index (χ0v) is 24.1. The number of methoxy groups -OCH3 is 1. The lowest BCUT2D eigenvalue weighted by atomic mass is 9.99. The largest absolute Gasteiger partial charge is 0.496 e. The second-order valence-electron chi connectivity index (χ2n) is 10.0. The number of aliphatic hydroxyl groups is 1. The molecule has 212 valence electrons. The number of benzene rings is 4. The Kier molecular flexibility index (Phi) is 9.75. The lowest BCUT2D eigenvalue weighted by Crippen LogP contribution is -2.31. The Hall–Kier alpha value is -3.62. The summed E-state index contributed by atoms with van der Waals surface area (Å²) >= 11 is 1.72. The minimum absolute atomic E-state index is 0.0121. The number of carbonyl (C=O) groups excluding carboxylic acids is 1. The van der Waals surface area contributed by atoms with Gasteiger partial charge in [-0.25, -0.2) is 0 Å². The summed E-state index contributed by atoms with van der Waals surface area (Å²) in [6, 6.07) is 32.4. The molecule has 1 aliphatic heterocycles. The summed E-state index contributed by atoms with van der Waals surface area (Å²) in [6.07, 6.45) is 0.0110. The first-order valence-corrected chi connectivity index (χ1v) is 14.7. The van der Waals surface area contributed by atoms with Crippen LogP contribution in [0.25, 0.3) is 11.1 Å². The van der Waals surface area contributed by atoms with Crippen molar-refractivity contribution in [1.82, 2.24) is 5.32 Å². The molecule has 0 aromatic heterocycles. The van der Waals surface area contributed by atoms with E-state index < -0.39 is 6.29 Å². The normalized spacial score (nSPS) is 18.6. The second kappa shape index (κ2) is 13.8. The third-order valence-electron chi connectivity index (χ3n) is 7.09. The van der Waals surface area contributed by atoms with E-state index in [0.29, 0.717) is 6.54 Å². The van der Waals surface area contributed by atoms with Gasteiger partial charge >= 0.3 is 0 Å². The minimum atomic E-state index is -0.519. The van der Waals surface area contributed by atoms with Gasteiger partial charge in [0.1, 0.15) is 5.75 Å². The Bertz CT molecular complexity index is 1440. The average Bonchev–Trinajstić information content (AvgIpc) is 3.03. The number of amides is 1. The van der Waals surface area contributed by atoms with Crippen molar-refractivity contribution in [3.8, 4) is 16.9 Å². The molecule has 1 heterocycles. The molecular weight excluding hydrogens is 534 g/mol. The van der Waals surface area contributed by atoms with Crippen LogP contribution >= 0.6 is 11.8 Å². The third-order valence-corrected chi connectivity index (χ3v) is 8.28. The van der Waals surface area contributed by atoms with E-state index in [1.807, 2.05) is 54.6 Å². The third kappa shape index (κ3) is 7.57. The SMILES string of the molecule is COc1ccccc1SC[C@H]1C[C@@H](c2ccc(CO)cc2)O[C@@H](c2ccc(-c3cccc(CNC(C)=O)c3)cc2)O1. The fourth-order valence-electron chi connectivity index (χ4n) is 4.86. The molecule has 1 aliphatic rings. The van der Waals surface area contributed by atoms with Gasteiger partial charge in [-0.1, -0.05) is 78.9 Å². The minimum Gasteiger partial charge on any atom is -0.496 e. The molecule has 3 atom stereocenters. The maximum atomic E-state index is 11.3. The zero-order chi connectivity index (χ0) is 28.6. The van der Waals surface area contributed by atoms with Crippen molar-refractivity contribution in [3.05, 3.63) is 119 Å². The maximum Gasteiger partial charge on any atom is 0.217 e. The van der Waals surface area contributed by atoms with Crippen LogP contribution in [0, 0.1) is 0 Å². The Balaban J connectivity index is 1.34. The van der Waals surface area contributed by atoms with Crippen LogP contribution < -0.4 is 10.1 Å². The smallest absolute Gasteiger partial charge is 0.217 e. The molecule has 7 heteroatoms. The van der Waals surface area contributed by atoms with Gasteiger partial charge in [0.15, 0.2) is 6.29 Å². The molecule has 0 saturated carbocycles. The fourth-order valence-corrected chi connectivity index (χ4v) is 5.91. The van der Waals surface area contributed by atoms with E-state index >= 15 is 0 Å². The first-order chi connectivity index (χ1) is 20.0. The highest BCUT2D eigenvalue weighted by atomic mass is 32.2. The van der Waals surface area contributed by atoms with Gasteiger partial charge in [0.2, 0.25) is 5.91 Å². The Labute approximate surface area is 245 Å². The number of hydrogen-bond acceptors (Lipinski definition) is 6. The lowest BCUT2D eigenvalue weighted by Gasteiger charge is -2.36. The van der Waals surface area contributed by atoms with Crippen molar-refractivity contribution in [2.45, 2.75) is 49.9 Å². The number of para-hydroxylation sites is 1. The van der Waals surface area contributed by atoms with Gasteiger partial charge in [-0.2, -0.15) is 0 Å². The summed E-state index contributed by atoms with van der Waals surface area (Å²) in [4.78, 5) is 12.4.